The van der Waals surface area contributed by atoms with E-state index in [0.717, 1.165) is 52.7 Å². The summed E-state index contributed by atoms with van der Waals surface area (Å²) in [6.45, 7) is 3.36. The molecule has 2 amide bonds. The first-order valence-electron chi connectivity index (χ1n) is 12.6. The summed E-state index contributed by atoms with van der Waals surface area (Å²) in [5.41, 5.74) is 1.91. The number of hydrogen-bond donors (Lipinski definition) is 1. The number of amides is 2. The van der Waals surface area contributed by atoms with Gasteiger partial charge in [0.15, 0.2) is 0 Å². The minimum Gasteiger partial charge on any atom is -0.352 e. The number of carbonyl (C=O) groups excluding carboxylic acids is 2. The lowest BCUT2D eigenvalue weighted by Crippen LogP contribution is -2.54. The number of nitrogens with zero attached hydrogens (tertiary/aromatic N) is 2. The van der Waals surface area contributed by atoms with Crippen molar-refractivity contribution in [2.45, 2.75) is 71.0 Å². The highest BCUT2D eigenvalue weighted by atomic mass is 79.9. The normalized spacial score (nSPS) is 15.2. The van der Waals surface area contributed by atoms with Crippen LogP contribution in [-0.2, 0) is 26.2 Å². The van der Waals surface area contributed by atoms with Gasteiger partial charge in [-0.15, -0.1) is 0 Å². The van der Waals surface area contributed by atoms with Crippen molar-refractivity contribution in [3.05, 3.63) is 63.1 Å². The number of sulfonamides is 1. The molecule has 0 radical (unpaired) electrons. The number of halogens is 2. The summed E-state index contributed by atoms with van der Waals surface area (Å²) in [6, 6.07) is 11.6. The maximum atomic E-state index is 13.8. The minimum absolute atomic E-state index is 0.0887. The van der Waals surface area contributed by atoms with Crippen LogP contribution in [0.2, 0.25) is 5.02 Å². The zero-order chi connectivity index (χ0) is 27.2. The highest BCUT2D eigenvalue weighted by molar-refractivity contribution is 9.10. The third kappa shape index (κ3) is 7.94. The third-order valence-corrected chi connectivity index (χ3v) is 9.14. The molecule has 1 aliphatic carbocycles. The fraction of sp³-hybridized carbons (Fsp3) is 0.481. The van der Waals surface area contributed by atoms with Crippen LogP contribution in [0.5, 0.6) is 0 Å². The standard InChI is InChI=1S/C27H35BrClN3O4S/c1-4-25(27(34)30-21-11-6-5-7-12-21)31(17-20-10-8-9-13-24(20)29)26(33)18-32(37(3,35)36)22-14-15-23(28)19(2)16-22/h8-10,13-16,21,25H,4-7,11-12,17-18H2,1-3H3,(H,30,34). The predicted octanol–water partition coefficient (Wildman–Crippen LogP) is 5.43. The average molecular weight is 613 g/mol. The summed E-state index contributed by atoms with van der Waals surface area (Å²) in [6.07, 6.45) is 6.60. The predicted molar refractivity (Wildman–Crippen MR) is 152 cm³/mol. The van der Waals surface area contributed by atoms with E-state index < -0.39 is 28.5 Å². The van der Waals surface area contributed by atoms with Crippen LogP contribution >= 0.6 is 27.5 Å². The van der Waals surface area contributed by atoms with Crippen molar-refractivity contribution in [1.29, 1.82) is 0 Å². The maximum absolute atomic E-state index is 13.8. The molecule has 1 fully saturated rings. The summed E-state index contributed by atoms with van der Waals surface area (Å²) in [7, 11) is -3.79. The molecule has 37 heavy (non-hydrogen) atoms. The summed E-state index contributed by atoms with van der Waals surface area (Å²) in [5.74, 6) is -0.697. The van der Waals surface area contributed by atoms with Crippen molar-refractivity contribution in [3.63, 3.8) is 0 Å². The number of carbonyl (C=O) groups is 2. The first-order chi connectivity index (χ1) is 17.5. The molecule has 0 heterocycles. The van der Waals surface area contributed by atoms with Gasteiger partial charge in [0, 0.05) is 22.1 Å². The first kappa shape index (κ1) is 29.5. The molecule has 2 aromatic carbocycles. The van der Waals surface area contributed by atoms with E-state index in [4.69, 9.17) is 11.6 Å². The molecular formula is C27H35BrClN3O4S. The molecule has 7 nitrogen and oxygen atoms in total. The van der Waals surface area contributed by atoms with E-state index in [1.807, 2.05) is 19.9 Å². The van der Waals surface area contributed by atoms with Crippen LogP contribution in [-0.4, -0.2) is 50.0 Å². The van der Waals surface area contributed by atoms with Gasteiger partial charge in [-0.2, -0.15) is 0 Å². The topological polar surface area (TPSA) is 86.8 Å². The van der Waals surface area contributed by atoms with Crippen LogP contribution in [0.3, 0.4) is 0 Å². The lowest BCUT2D eigenvalue weighted by atomic mass is 9.95. The number of benzene rings is 2. The Morgan fingerprint density at radius 2 is 1.81 bits per heavy atom. The highest BCUT2D eigenvalue weighted by Gasteiger charge is 2.33. The van der Waals surface area contributed by atoms with E-state index >= 15 is 0 Å². The minimum atomic E-state index is -3.79. The van der Waals surface area contributed by atoms with Gasteiger partial charge in [0.25, 0.3) is 0 Å². The lowest BCUT2D eigenvalue weighted by molar-refractivity contribution is -0.140. The van der Waals surface area contributed by atoms with Crippen molar-refractivity contribution in [2.24, 2.45) is 0 Å². The molecule has 3 rings (SSSR count). The first-order valence-corrected chi connectivity index (χ1v) is 15.6. The molecule has 202 valence electrons. The van der Waals surface area contributed by atoms with E-state index in [1.165, 1.54) is 4.90 Å². The number of anilines is 1. The maximum Gasteiger partial charge on any atom is 0.244 e. The van der Waals surface area contributed by atoms with Gasteiger partial charge in [0.1, 0.15) is 12.6 Å². The van der Waals surface area contributed by atoms with E-state index in [1.54, 1.807) is 36.4 Å². The van der Waals surface area contributed by atoms with Crippen molar-refractivity contribution in [1.82, 2.24) is 10.2 Å². The third-order valence-electron chi connectivity index (χ3n) is 6.74. The molecule has 0 spiro atoms. The summed E-state index contributed by atoms with van der Waals surface area (Å²) < 4.78 is 27.5. The highest BCUT2D eigenvalue weighted by Crippen LogP contribution is 2.26. The van der Waals surface area contributed by atoms with Gasteiger partial charge in [-0.3, -0.25) is 13.9 Å². The van der Waals surface area contributed by atoms with Gasteiger partial charge in [-0.25, -0.2) is 8.42 Å². The molecule has 1 atom stereocenters. The number of aryl methyl sites for hydroxylation is 1. The largest absolute Gasteiger partial charge is 0.352 e. The van der Waals surface area contributed by atoms with E-state index in [2.05, 4.69) is 21.2 Å². The molecule has 1 saturated carbocycles. The van der Waals surface area contributed by atoms with Gasteiger partial charge < -0.3 is 10.2 Å². The number of hydrogen-bond acceptors (Lipinski definition) is 4. The quantitative estimate of drug-likeness (QED) is 0.388. The summed E-state index contributed by atoms with van der Waals surface area (Å²) >= 11 is 9.84. The van der Waals surface area contributed by atoms with Gasteiger partial charge >= 0.3 is 0 Å². The number of rotatable bonds is 10. The summed E-state index contributed by atoms with van der Waals surface area (Å²) in [4.78, 5) is 28.7. The molecule has 0 bridgehead atoms. The van der Waals surface area contributed by atoms with Crippen molar-refractivity contribution >= 4 is 55.1 Å². The molecule has 0 aliphatic heterocycles. The summed E-state index contributed by atoms with van der Waals surface area (Å²) in [5, 5.41) is 3.61. The SMILES string of the molecule is CCC(C(=O)NC1CCCCC1)N(Cc1ccccc1Cl)C(=O)CN(c1ccc(Br)c(C)c1)S(C)(=O)=O. The molecular weight excluding hydrogens is 578 g/mol. The fourth-order valence-corrected chi connectivity index (χ4v) is 5.96. The lowest BCUT2D eigenvalue weighted by Gasteiger charge is -2.34. The average Bonchev–Trinajstić information content (AvgIpc) is 2.85. The van der Waals surface area contributed by atoms with Gasteiger partial charge in [0.05, 0.1) is 11.9 Å². The van der Waals surface area contributed by atoms with Gasteiger partial charge in [-0.1, -0.05) is 71.9 Å². The Morgan fingerprint density at radius 3 is 2.41 bits per heavy atom. The second kappa shape index (κ2) is 13.1. The monoisotopic (exact) mass is 611 g/mol. The van der Waals surface area contributed by atoms with E-state index in [0.29, 0.717) is 22.7 Å². The number of nitrogens with one attached hydrogen (secondary N) is 1. The molecule has 0 saturated heterocycles. The fourth-order valence-electron chi connectivity index (χ4n) is 4.67. The van der Waals surface area contributed by atoms with Crippen LogP contribution in [0.15, 0.2) is 46.9 Å². The molecule has 1 aliphatic rings. The molecule has 2 aromatic rings. The van der Waals surface area contributed by atoms with Gasteiger partial charge in [0.2, 0.25) is 21.8 Å². The Hall–Kier alpha value is -2.10. The van der Waals surface area contributed by atoms with Crippen molar-refractivity contribution in [2.75, 3.05) is 17.1 Å². The van der Waals surface area contributed by atoms with Crippen LogP contribution in [0.25, 0.3) is 0 Å². The van der Waals surface area contributed by atoms with Crippen molar-refractivity contribution in [3.8, 4) is 0 Å². The molecule has 10 heteroatoms. The van der Waals surface area contributed by atoms with Crippen LogP contribution < -0.4 is 9.62 Å². The van der Waals surface area contributed by atoms with Crippen LogP contribution in [0, 0.1) is 6.92 Å². The smallest absolute Gasteiger partial charge is 0.244 e. The molecule has 1 N–H and O–H groups in total. The van der Waals surface area contributed by atoms with Crippen molar-refractivity contribution < 1.29 is 18.0 Å². The molecule has 0 aromatic heterocycles. The van der Waals surface area contributed by atoms with Crippen LogP contribution in [0.1, 0.15) is 56.6 Å². The Kier molecular flexibility index (Phi) is 10.4. The van der Waals surface area contributed by atoms with E-state index in [9.17, 15) is 18.0 Å². The van der Waals surface area contributed by atoms with E-state index in [-0.39, 0.29) is 18.5 Å². The Labute approximate surface area is 233 Å². The van der Waals surface area contributed by atoms with Gasteiger partial charge in [-0.05, 0) is 61.6 Å². The Morgan fingerprint density at radius 1 is 1.14 bits per heavy atom. The second-order valence-corrected chi connectivity index (χ2v) is 12.8. The Balaban J connectivity index is 1.93. The second-order valence-electron chi connectivity index (χ2n) is 9.58. The molecule has 1 unspecified atom stereocenters. The Bertz CT molecular complexity index is 1220. The van der Waals surface area contributed by atoms with Crippen LogP contribution in [0.4, 0.5) is 5.69 Å². The zero-order valence-corrected chi connectivity index (χ0v) is 24.7. The zero-order valence-electron chi connectivity index (χ0n) is 21.5.